The van der Waals surface area contributed by atoms with Crippen molar-refractivity contribution in [3.8, 4) is 0 Å². The average molecular weight is 220 g/mol. The molecule has 86 valence electrons. The van der Waals surface area contributed by atoms with Crippen LogP contribution in [0.2, 0.25) is 0 Å². The number of rotatable bonds is 1. The van der Waals surface area contributed by atoms with Crippen LogP contribution in [0.1, 0.15) is 45.0 Å². The van der Waals surface area contributed by atoms with Crippen LogP contribution in [-0.4, -0.2) is 9.97 Å². The number of hydrogen-bond donors (Lipinski definition) is 0. The Labute approximate surface area is 87.6 Å². The molecule has 15 heavy (non-hydrogen) atoms. The van der Waals surface area contributed by atoms with Gasteiger partial charge in [0.2, 0.25) is 0 Å². The Morgan fingerprint density at radius 1 is 1.07 bits per heavy atom. The molecule has 0 aliphatic rings. The highest BCUT2D eigenvalue weighted by molar-refractivity contribution is 5.07. The van der Waals surface area contributed by atoms with Crippen LogP contribution in [0, 0.1) is 0 Å². The lowest BCUT2D eigenvalue weighted by atomic mass is 10.1. The molecule has 0 aliphatic heterocycles. The van der Waals surface area contributed by atoms with E-state index < -0.39 is 11.9 Å². The van der Waals surface area contributed by atoms with Gasteiger partial charge < -0.3 is 0 Å². The van der Waals surface area contributed by atoms with E-state index in [0.717, 1.165) is 12.4 Å². The average Bonchev–Trinajstić information content (AvgIpc) is 2.20. The zero-order valence-electron chi connectivity index (χ0n) is 9.26. The molecule has 0 fully saturated rings. The molecule has 0 saturated heterocycles. The normalized spacial score (nSPS) is 10.9. The fourth-order valence-electron chi connectivity index (χ4n) is 0.783. The minimum atomic E-state index is -4.40. The molecule has 0 radical (unpaired) electrons. The van der Waals surface area contributed by atoms with Crippen molar-refractivity contribution in [2.75, 3.05) is 0 Å². The molecule has 0 atom stereocenters. The zero-order chi connectivity index (χ0) is 12.1. The number of nitrogens with zero attached hydrogens (tertiary/aromatic N) is 2. The Morgan fingerprint density at radius 3 is 1.87 bits per heavy atom. The third-order valence-corrected chi connectivity index (χ3v) is 1.55. The summed E-state index contributed by atoms with van der Waals surface area (Å²) in [5.41, 5.74) is -0.384. The van der Waals surface area contributed by atoms with Crippen molar-refractivity contribution in [1.82, 2.24) is 9.97 Å². The van der Waals surface area contributed by atoms with E-state index in [1.807, 2.05) is 27.7 Å². The van der Waals surface area contributed by atoms with Gasteiger partial charge in [-0.05, 0) is 5.92 Å². The first kappa shape index (κ1) is 13.9. The van der Waals surface area contributed by atoms with E-state index in [-0.39, 0.29) is 5.92 Å². The van der Waals surface area contributed by atoms with Crippen LogP contribution in [-0.2, 0) is 6.18 Å². The van der Waals surface area contributed by atoms with E-state index in [1.165, 1.54) is 0 Å². The Kier molecular flexibility index (Phi) is 5.25. The van der Waals surface area contributed by atoms with E-state index in [4.69, 9.17) is 0 Å². The molecule has 0 bridgehead atoms. The highest BCUT2D eigenvalue weighted by atomic mass is 19.4. The lowest BCUT2D eigenvalue weighted by molar-refractivity contribution is -0.141. The number of aromatic nitrogens is 2. The molecule has 1 aromatic heterocycles. The smallest absolute Gasteiger partial charge is 0.257 e. The highest BCUT2D eigenvalue weighted by Crippen LogP contribution is 2.26. The molecule has 2 nitrogen and oxygen atoms in total. The van der Waals surface area contributed by atoms with Crippen molar-refractivity contribution >= 4 is 0 Å². The van der Waals surface area contributed by atoms with Crippen molar-refractivity contribution in [3.05, 3.63) is 23.8 Å². The Hall–Kier alpha value is -1.13. The summed E-state index contributed by atoms with van der Waals surface area (Å²) >= 11 is 0. The summed E-state index contributed by atoms with van der Waals surface area (Å²) in [6, 6.07) is 0. The SMILES string of the molecule is CC.CC(C)c1cnc(C(F)(F)F)cn1. The number of alkyl halides is 3. The second-order valence-electron chi connectivity index (χ2n) is 2.98. The maximum atomic E-state index is 12.0. The van der Waals surface area contributed by atoms with Crippen molar-refractivity contribution in [2.24, 2.45) is 0 Å². The minimum absolute atomic E-state index is 0.0924. The molecule has 1 aromatic rings. The van der Waals surface area contributed by atoms with E-state index in [9.17, 15) is 13.2 Å². The van der Waals surface area contributed by atoms with Gasteiger partial charge in [0.05, 0.1) is 11.9 Å². The van der Waals surface area contributed by atoms with Gasteiger partial charge in [-0.2, -0.15) is 13.2 Å². The third kappa shape index (κ3) is 4.27. The van der Waals surface area contributed by atoms with E-state index in [1.54, 1.807) is 0 Å². The summed E-state index contributed by atoms with van der Waals surface area (Å²) in [5.74, 6) is 0.0924. The van der Waals surface area contributed by atoms with Gasteiger partial charge in [-0.3, -0.25) is 4.98 Å². The monoisotopic (exact) mass is 220 g/mol. The summed E-state index contributed by atoms with van der Waals surface area (Å²) in [5, 5.41) is 0. The van der Waals surface area contributed by atoms with E-state index in [2.05, 4.69) is 9.97 Å². The third-order valence-electron chi connectivity index (χ3n) is 1.55. The topological polar surface area (TPSA) is 25.8 Å². The van der Waals surface area contributed by atoms with Crippen LogP contribution in [0.5, 0.6) is 0 Å². The van der Waals surface area contributed by atoms with Crippen LogP contribution in [0.3, 0.4) is 0 Å². The van der Waals surface area contributed by atoms with E-state index in [0.29, 0.717) is 5.69 Å². The van der Waals surface area contributed by atoms with Gasteiger partial charge in [0.15, 0.2) is 5.69 Å². The first-order valence-corrected chi connectivity index (χ1v) is 4.80. The molecule has 0 unspecified atom stereocenters. The summed E-state index contributed by atoms with van der Waals surface area (Å²) in [7, 11) is 0. The molecule has 1 rings (SSSR count). The van der Waals surface area contributed by atoms with Gasteiger partial charge >= 0.3 is 6.18 Å². The first-order valence-electron chi connectivity index (χ1n) is 4.80. The van der Waals surface area contributed by atoms with Crippen molar-refractivity contribution in [2.45, 2.75) is 39.8 Å². The zero-order valence-corrected chi connectivity index (χ0v) is 9.26. The Morgan fingerprint density at radius 2 is 1.60 bits per heavy atom. The summed E-state index contributed by atoms with van der Waals surface area (Å²) in [6.45, 7) is 7.69. The van der Waals surface area contributed by atoms with Gasteiger partial charge in [-0.15, -0.1) is 0 Å². The predicted octanol–water partition coefficient (Wildman–Crippen LogP) is 3.65. The predicted molar refractivity (Wildman–Crippen MR) is 52.5 cm³/mol. The molecule has 5 heteroatoms. The fraction of sp³-hybridized carbons (Fsp3) is 0.600. The van der Waals surface area contributed by atoms with Crippen LogP contribution in [0.4, 0.5) is 13.2 Å². The first-order chi connectivity index (χ1) is 6.91. The molecule has 0 spiro atoms. The van der Waals surface area contributed by atoms with Crippen molar-refractivity contribution < 1.29 is 13.2 Å². The van der Waals surface area contributed by atoms with Gasteiger partial charge in [0.25, 0.3) is 0 Å². The van der Waals surface area contributed by atoms with Gasteiger partial charge in [-0.1, -0.05) is 27.7 Å². The van der Waals surface area contributed by atoms with Crippen LogP contribution in [0.15, 0.2) is 12.4 Å². The van der Waals surface area contributed by atoms with Crippen molar-refractivity contribution in [3.63, 3.8) is 0 Å². The second-order valence-corrected chi connectivity index (χ2v) is 2.98. The van der Waals surface area contributed by atoms with Gasteiger partial charge in [0, 0.05) is 6.20 Å². The number of hydrogen-bond acceptors (Lipinski definition) is 2. The second kappa shape index (κ2) is 5.68. The Bertz CT molecular complexity index is 278. The molecule has 0 aliphatic carbocycles. The largest absolute Gasteiger partial charge is 0.434 e. The molecule has 0 amide bonds. The number of halogens is 3. The Balaban J connectivity index is 0.000000921. The highest BCUT2D eigenvalue weighted by Gasteiger charge is 2.32. The maximum absolute atomic E-state index is 12.0. The van der Waals surface area contributed by atoms with Crippen LogP contribution < -0.4 is 0 Å². The van der Waals surface area contributed by atoms with Gasteiger partial charge in [0.1, 0.15) is 0 Å². The summed E-state index contributed by atoms with van der Waals surface area (Å²) in [4.78, 5) is 6.95. The molecular weight excluding hydrogens is 205 g/mol. The summed E-state index contributed by atoms with van der Waals surface area (Å²) < 4.78 is 36.1. The molecule has 1 heterocycles. The standard InChI is InChI=1S/C8H9F3N2.C2H6/c1-5(2)6-3-13-7(4-12-6)8(9,10)11;1-2/h3-5H,1-2H3;1-2H3. The van der Waals surface area contributed by atoms with Gasteiger partial charge in [-0.25, -0.2) is 4.98 Å². The lowest BCUT2D eigenvalue weighted by Gasteiger charge is -2.06. The van der Waals surface area contributed by atoms with E-state index >= 15 is 0 Å². The fourth-order valence-corrected chi connectivity index (χ4v) is 0.783. The minimum Gasteiger partial charge on any atom is -0.257 e. The van der Waals surface area contributed by atoms with Crippen LogP contribution >= 0.6 is 0 Å². The molecule has 0 aromatic carbocycles. The lowest BCUT2D eigenvalue weighted by Crippen LogP contribution is -2.09. The molecule has 0 N–H and O–H groups in total. The van der Waals surface area contributed by atoms with Crippen molar-refractivity contribution in [1.29, 1.82) is 0 Å². The molecule has 0 saturated carbocycles. The quantitative estimate of drug-likeness (QED) is 0.722. The maximum Gasteiger partial charge on any atom is 0.434 e. The molecular formula is C10H15F3N2. The summed E-state index contributed by atoms with van der Waals surface area (Å²) in [6.07, 6.45) is -2.48. The van der Waals surface area contributed by atoms with Crippen LogP contribution in [0.25, 0.3) is 0 Å².